The molecule has 0 aliphatic carbocycles. The van der Waals surface area contributed by atoms with Crippen LogP contribution in [0.2, 0.25) is 0 Å². The lowest BCUT2D eigenvalue weighted by atomic mass is 10.1. The highest BCUT2D eigenvalue weighted by Gasteiger charge is 2.23. The zero-order valence-corrected chi connectivity index (χ0v) is 12.4. The molecule has 2 N–H and O–H groups in total. The Morgan fingerprint density at radius 1 is 1.25 bits per heavy atom. The van der Waals surface area contributed by atoms with Crippen molar-refractivity contribution in [3.05, 3.63) is 35.1 Å². The monoisotopic (exact) mass is 301 g/mol. The Hall–Kier alpha value is -1.02. The lowest BCUT2D eigenvalue weighted by Crippen LogP contribution is -2.47. The highest BCUT2D eigenvalue weighted by molar-refractivity contribution is 7.88. The highest BCUT2D eigenvalue weighted by atomic mass is 32.2. The molecule has 5 nitrogen and oxygen atoms in total. The van der Waals surface area contributed by atoms with Crippen molar-refractivity contribution in [3.8, 4) is 0 Å². The molecular weight excluding hydrogens is 281 g/mol. The number of nitrogens with two attached hydrogens (primary N) is 1. The minimum atomic E-state index is -3.12. The molecule has 2 rings (SSSR count). The number of rotatable bonds is 4. The van der Waals surface area contributed by atoms with Gasteiger partial charge in [0.2, 0.25) is 10.0 Å². The largest absolute Gasteiger partial charge is 0.326 e. The lowest BCUT2D eigenvalue weighted by molar-refractivity contribution is 0.180. The summed E-state index contributed by atoms with van der Waals surface area (Å²) in [7, 11) is -3.12. The van der Waals surface area contributed by atoms with E-state index in [2.05, 4.69) is 4.90 Å². The quantitative estimate of drug-likeness (QED) is 0.872. The van der Waals surface area contributed by atoms with E-state index in [1.54, 1.807) is 12.1 Å². The summed E-state index contributed by atoms with van der Waals surface area (Å²) < 4.78 is 38.1. The van der Waals surface area contributed by atoms with Crippen LogP contribution in [0.1, 0.15) is 11.1 Å². The van der Waals surface area contributed by atoms with Gasteiger partial charge in [-0.15, -0.1) is 0 Å². The van der Waals surface area contributed by atoms with Crippen LogP contribution in [0.4, 0.5) is 4.39 Å². The second-order valence-corrected chi connectivity index (χ2v) is 7.05. The number of halogens is 1. The molecule has 112 valence electrons. The van der Waals surface area contributed by atoms with Gasteiger partial charge in [-0.05, 0) is 11.6 Å². The molecular formula is C13H20FN3O2S. The summed E-state index contributed by atoms with van der Waals surface area (Å²) in [6.45, 7) is 3.00. The van der Waals surface area contributed by atoms with E-state index in [-0.39, 0.29) is 5.82 Å². The maximum absolute atomic E-state index is 13.8. The fraction of sp³-hybridized carbons (Fsp3) is 0.538. The summed E-state index contributed by atoms with van der Waals surface area (Å²) in [5.41, 5.74) is 7.07. The zero-order valence-electron chi connectivity index (χ0n) is 11.5. The number of nitrogens with zero attached hydrogens (tertiary/aromatic N) is 2. The van der Waals surface area contributed by atoms with Gasteiger partial charge in [0.1, 0.15) is 5.82 Å². The third-order valence-electron chi connectivity index (χ3n) is 3.54. The summed E-state index contributed by atoms with van der Waals surface area (Å²) in [6, 6.07) is 4.89. The third kappa shape index (κ3) is 3.76. The maximum Gasteiger partial charge on any atom is 0.211 e. The first-order chi connectivity index (χ1) is 9.40. The van der Waals surface area contributed by atoms with E-state index in [0.29, 0.717) is 44.8 Å². The molecule has 20 heavy (non-hydrogen) atoms. The fourth-order valence-electron chi connectivity index (χ4n) is 2.34. The van der Waals surface area contributed by atoms with Crippen molar-refractivity contribution < 1.29 is 12.8 Å². The topological polar surface area (TPSA) is 66.6 Å². The first-order valence-electron chi connectivity index (χ1n) is 6.55. The van der Waals surface area contributed by atoms with Crippen molar-refractivity contribution in [2.75, 3.05) is 32.4 Å². The van der Waals surface area contributed by atoms with E-state index in [0.717, 1.165) is 5.56 Å². The van der Waals surface area contributed by atoms with Gasteiger partial charge in [0.05, 0.1) is 6.26 Å². The fourth-order valence-corrected chi connectivity index (χ4v) is 3.16. The summed E-state index contributed by atoms with van der Waals surface area (Å²) in [5, 5.41) is 0. The minimum Gasteiger partial charge on any atom is -0.326 e. The Labute approximate surface area is 119 Å². The van der Waals surface area contributed by atoms with Crippen molar-refractivity contribution in [2.24, 2.45) is 5.73 Å². The molecule has 0 spiro atoms. The predicted octanol–water partition coefficient (Wildman–Crippen LogP) is 0.362. The Kier molecular flexibility index (Phi) is 4.74. The van der Waals surface area contributed by atoms with Gasteiger partial charge in [-0.2, -0.15) is 4.31 Å². The Bertz CT molecular complexity index is 569. The molecule has 1 heterocycles. The third-order valence-corrected chi connectivity index (χ3v) is 4.84. The van der Waals surface area contributed by atoms with Crippen LogP contribution >= 0.6 is 0 Å². The first kappa shape index (κ1) is 15.4. The number of hydrogen-bond acceptors (Lipinski definition) is 4. The molecule has 0 aromatic heterocycles. The molecule has 1 fully saturated rings. The standard InChI is InChI=1S/C13H20FN3O2S/c1-20(18,19)17-6-4-16(5-7-17)10-12-8-11(9-15)2-3-13(12)14/h2-3,8H,4-7,9-10,15H2,1H3. The van der Waals surface area contributed by atoms with Gasteiger partial charge in [0.25, 0.3) is 0 Å². The summed E-state index contributed by atoms with van der Waals surface area (Å²) in [6.07, 6.45) is 1.22. The summed E-state index contributed by atoms with van der Waals surface area (Å²) in [5.74, 6) is -0.243. The van der Waals surface area contributed by atoms with Crippen molar-refractivity contribution in [2.45, 2.75) is 13.1 Å². The number of piperazine rings is 1. The smallest absolute Gasteiger partial charge is 0.211 e. The van der Waals surface area contributed by atoms with Crippen molar-refractivity contribution in [3.63, 3.8) is 0 Å². The van der Waals surface area contributed by atoms with Crippen LogP contribution in [0.25, 0.3) is 0 Å². The van der Waals surface area contributed by atoms with E-state index in [1.807, 2.05) is 0 Å². The van der Waals surface area contributed by atoms with E-state index >= 15 is 0 Å². The molecule has 0 radical (unpaired) electrons. The lowest BCUT2D eigenvalue weighted by Gasteiger charge is -2.33. The maximum atomic E-state index is 13.8. The van der Waals surface area contributed by atoms with Gasteiger partial charge >= 0.3 is 0 Å². The molecule has 1 aromatic rings. The zero-order chi connectivity index (χ0) is 14.8. The Morgan fingerprint density at radius 2 is 1.90 bits per heavy atom. The number of hydrogen-bond donors (Lipinski definition) is 1. The van der Waals surface area contributed by atoms with Gasteiger partial charge in [0, 0.05) is 44.8 Å². The molecule has 0 unspecified atom stereocenters. The van der Waals surface area contributed by atoms with Crippen molar-refractivity contribution in [1.29, 1.82) is 0 Å². The molecule has 0 bridgehead atoms. The van der Waals surface area contributed by atoms with Gasteiger partial charge in [0.15, 0.2) is 0 Å². The Morgan fingerprint density at radius 3 is 2.45 bits per heavy atom. The molecule has 1 aromatic carbocycles. The minimum absolute atomic E-state index is 0.243. The second kappa shape index (κ2) is 6.17. The first-order valence-corrected chi connectivity index (χ1v) is 8.40. The predicted molar refractivity (Wildman–Crippen MR) is 76.0 cm³/mol. The molecule has 0 saturated carbocycles. The van der Waals surface area contributed by atoms with E-state index in [1.165, 1.54) is 16.6 Å². The van der Waals surface area contributed by atoms with Crippen molar-refractivity contribution in [1.82, 2.24) is 9.21 Å². The molecule has 7 heteroatoms. The van der Waals surface area contributed by atoms with Gasteiger partial charge < -0.3 is 5.73 Å². The van der Waals surface area contributed by atoms with Crippen LogP contribution in [-0.2, 0) is 23.1 Å². The number of benzene rings is 1. The summed E-state index contributed by atoms with van der Waals surface area (Å²) >= 11 is 0. The van der Waals surface area contributed by atoms with E-state index in [9.17, 15) is 12.8 Å². The normalized spacial score (nSPS) is 18.4. The van der Waals surface area contributed by atoms with Crippen molar-refractivity contribution >= 4 is 10.0 Å². The molecule has 1 aliphatic rings. The summed E-state index contributed by atoms with van der Waals surface area (Å²) in [4.78, 5) is 2.06. The molecule has 0 atom stereocenters. The van der Waals surface area contributed by atoms with Crippen LogP contribution < -0.4 is 5.73 Å². The van der Waals surface area contributed by atoms with Crippen LogP contribution in [0.5, 0.6) is 0 Å². The van der Waals surface area contributed by atoms with Crippen LogP contribution in [-0.4, -0.2) is 50.1 Å². The average Bonchev–Trinajstić information content (AvgIpc) is 2.41. The second-order valence-electron chi connectivity index (χ2n) is 5.07. The van der Waals surface area contributed by atoms with E-state index < -0.39 is 10.0 Å². The van der Waals surface area contributed by atoms with Gasteiger partial charge in [-0.25, -0.2) is 12.8 Å². The molecule has 0 amide bonds. The highest BCUT2D eigenvalue weighted by Crippen LogP contribution is 2.15. The van der Waals surface area contributed by atoms with Gasteiger partial charge in [-0.1, -0.05) is 12.1 Å². The molecule has 1 aliphatic heterocycles. The van der Waals surface area contributed by atoms with Crippen LogP contribution in [0.3, 0.4) is 0 Å². The number of sulfonamides is 1. The Balaban J connectivity index is 1.99. The van der Waals surface area contributed by atoms with Crippen LogP contribution in [0.15, 0.2) is 18.2 Å². The SMILES string of the molecule is CS(=O)(=O)N1CCN(Cc2cc(CN)ccc2F)CC1. The average molecular weight is 301 g/mol. The van der Waals surface area contributed by atoms with Crippen LogP contribution in [0, 0.1) is 5.82 Å². The molecule has 1 saturated heterocycles. The van der Waals surface area contributed by atoms with Gasteiger partial charge in [-0.3, -0.25) is 4.90 Å². The van der Waals surface area contributed by atoms with E-state index in [4.69, 9.17) is 5.73 Å².